The normalized spacial score (nSPS) is 14.5. The first-order chi connectivity index (χ1) is 15.6. The van der Waals surface area contributed by atoms with Crippen molar-refractivity contribution in [1.29, 1.82) is 0 Å². The fraction of sp³-hybridized carbons (Fsp3) is 0.273. The molecule has 0 saturated heterocycles. The highest BCUT2D eigenvalue weighted by atomic mass is 35.5. The number of benzene rings is 2. The zero-order valence-corrected chi connectivity index (χ0v) is 19.2. The van der Waals surface area contributed by atoms with Gasteiger partial charge in [0.15, 0.2) is 0 Å². The minimum atomic E-state index is -3.90. The molecular formula is C22H23ClFN5O3S. The van der Waals surface area contributed by atoms with Gasteiger partial charge >= 0.3 is 0 Å². The maximum absolute atomic E-state index is 13.9. The molecule has 4 rings (SSSR count). The van der Waals surface area contributed by atoms with E-state index >= 15 is 0 Å². The third-order valence-electron chi connectivity index (χ3n) is 5.64. The number of nitrogen functional groups attached to an aromatic ring is 1. The molecule has 8 nitrogen and oxygen atoms in total. The van der Waals surface area contributed by atoms with Gasteiger partial charge in [-0.2, -0.15) is 5.10 Å². The van der Waals surface area contributed by atoms with Crippen molar-refractivity contribution in [3.8, 4) is 11.3 Å². The second-order valence-electron chi connectivity index (χ2n) is 8.04. The van der Waals surface area contributed by atoms with Gasteiger partial charge in [0.1, 0.15) is 22.9 Å². The summed E-state index contributed by atoms with van der Waals surface area (Å²) in [6.07, 6.45) is 4.00. The number of rotatable bonds is 7. The Bertz CT molecular complexity index is 1300. The second kappa shape index (κ2) is 9.03. The lowest BCUT2D eigenvalue weighted by atomic mass is 10.1. The predicted octanol–water partition coefficient (Wildman–Crippen LogP) is 4.08. The molecule has 5 N–H and O–H groups in total. The van der Waals surface area contributed by atoms with Crippen molar-refractivity contribution in [3.05, 3.63) is 64.4 Å². The Labute approximate surface area is 195 Å². The number of carbonyl (C=O) groups excluding carboxylic acids is 1. The molecule has 0 spiro atoms. The number of nitrogens with two attached hydrogens (primary N) is 2. The van der Waals surface area contributed by atoms with E-state index in [4.69, 9.17) is 23.1 Å². The first-order valence-electron chi connectivity index (χ1n) is 10.4. The molecule has 1 aromatic heterocycles. The number of hydrogen-bond acceptors (Lipinski definition) is 5. The van der Waals surface area contributed by atoms with Crippen molar-refractivity contribution >= 4 is 39.0 Å². The van der Waals surface area contributed by atoms with Gasteiger partial charge in [0, 0.05) is 10.6 Å². The van der Waals surface area contributed by atoms with Crippen LogP contribution in [-0.4, -0.2) is 24.1 Å². The van der Waals surface area contributed by atoms with E-state index in [2.05, 4.69) is 9.82 Å². The van der Waals surface area contributed by atoms with Crippen molar-refractivity contribution in [2.45, 2.75) is 37.5 Å². The summed E-state index contributed by atoms with van der Waals surface area (Å²) in [5.74, 6) is -1.55. The van der Waals surface area contributed by atoms with Crippen LogP contribution >= 0.6 is 11.6 Å². The summed E-state index contributed by atoms with van der Waals surface area (Å²) in [5, 5.41) is 4.78. The predicted molar refractivity (Wildman–Crippen MR) is 126 cm³/mol. The van der Waals surface area contributed by atoms with Gasteiger partial charge in [-0.05, 0) is 36.6 Å². The minimum Gasteiger partial charge on any atom is -0.383 e. The van der Waals surface area contributed by atoms with Crippen LogP contribution < -0.4 is 16.2 Å². The first-order valence-corrected chi connectivity index (χ1v) is 12.4. The van der Waals surface area contributed by atoms with Crippen LogP contribution in [0.4, 0.5) is 15.9 Å². The maximum atomic E-state index is 13.9. The third kappa shape index (κ3) is 4.96. The molecule has 0 bridgehead atoms. The van der Waals surface area contributed by atoms with Crippen molar-refractivity contribution < 1.29 is 17.6 Å². The number of nitrogens with zero attached hydrogens (tertiary/aromatic N) is 2. The fourth-order valence-corrected chi connectivity index (χ4v) is 5.44. The molecule has 3 aromatic rings. The molecule has 1 amide bonds. The van der Waals surface area contributed by atoms with Gasteiger partial charge < -0.3 is 11.5 Å². The van der Waals surface area contributed by atoms with E-state index in [1.807, 2.05) is 0 Å². The van der Waals surface area contributed by atoms with Crippen LogP contribution in [0.2, 0.25) is 5.02 Å². The topological polar surface area (TPSA) is 133 Å². The fourth-order valence-electron chi connectivity index (χ4n) is 4.08. The zero-order chi connectivity index (χ0) is 23.8. The number of halogens is 2. The van der Waals surface area contributed by atoms with Crippen molar-refractivity contribution in [2.24, 2.45) is 5.73 Å². The van der Waals surface area contributed by atoms with Crippen molar-refractivity contribution in [2.75, 3.05) is 10.5 Å². The molecule has 1 fully saturated rings. The lowest BCUT2D eigenvalue weighted by Gasteiger charge is -2.11. The minimum absolute atomic E-state index is 0.124. The number of carbonyl (C=O) groups is 1. The molecule has 0 radical (unpaired) electrons. The Morgan fingerprint density at radius 1 is 1.18 bits per heavy atom. The number of amides is 1. The molecular weight excluding hydrogens is 469 g/mol. The van der Waals surface area contributed by atoms with E-state index in [0.717, 1.165) is 31.7 Å². The number of aromatic nitrogens is 2. The lowest BCUT2D eigenvalue weighted by molar-refractivity contribution is 0.100. The molecule has 0 unspecified atom stereocenters. The van der Waals surface area contributed by atoms with Gasteiger partial charge in [0.05, 0.1) is 17.5 Å². The summed E-state index contributed by atoms with van der Waals surface area (Å²) in [6.45, 7) is 0. The molecule has 0 aliphatic heterocycles. The van der Waals surface area contributed by atoms with Crippen LogP contribution in [0, 0.1) is 5.82 Å². The molecule has 1 aliphatic rings. The van der Waals surface area contributed by atoms with Crippen LogP contribution in [0.3, 0.4) is 0 Å². The monoisotopic (exact) mass is 491 g/mol. The van der Waals surface area contributed by atoms with E-state index in [1.165, 1.54) is 12.1 Å². The van der Waals surface area contributed by atoms with Crippen molar-refractivity contribution in [1.82, 2.24) is 9.78 Å². The van der Waals surface area contributed by atoms with Gasteiger partial charge in [-0.15, -0.1) is 0 Å². The molecule has 1 heterocycles. The highest BCUT2D eigenvalue weighted by molar-refractivity contribution is 7.91. The van der Waals surface area contributed by atoms with E-state index in [0.29, 0.717) is 16.8 Å². The highest BCUT2D eigenvalue weighted by Gasteiger charge is 2.27. The summed E-state index contributed by atoms with van der Waals surface area (Å²) in [4.78, 5) is 12.1. The van der Waals surface area contributed by atoms with Crippen LogP contribution in [0.15, 0.2) is 42.5 Å². The largest absolute Gasteiger partial charge is 0.383 e. The Hall–Kier alpha value is -3.11. The van der Waals surface area contributed by atoms with E-state index < -0.39 is 21.7 Å². The quantitative estimate of drug-likeness (QED) is 0.458. The van der Waals surface area contributed by atoms with E-state index in [-0.39, 0.29) is 33.9 Å². The second-order valence-corrected chi connectivity index (χ2v) is 10.2. The van der Waals surface area contributed by atoms with Crippen LogP contribution in [0.1, 0.15) is 47.6 Å². The number of nitrogens with one attached hydrogen (secondary N) is 1. The Morgan fingerprint density at radius 3 is 2.48 bits per heavy atom. The van der Waals surface area contributed by atoms with E-state index in [9.17, 15) is 17.6 Å². The first kappa shape index (κ1) is 23.1. The molecule has 2 aromatic carbocycles. The summed E-state index contributed by atoms with van der Waals surface area (Å²) < 4.78 is 42.8. The Morgan fingerprint density at radius 2 is 1.85 bits per heavy atom. The summed E-state index contributed by atoms with van der Waals surface area (Å²) in [7, 11) is -3.90. The third-order valence-corrected chi connectivity index (χ3v) is 7.12. The van der Waals surface area contributed by atoms with E-state index in [1.54, 1.807) is 28.9 Å². The summed E-state index contributed by atoms with van der Waals surface area (Å²) in [5.41, 5.74) is 13.1. The van der Waals surface area contributed by atoms with Gasteiger partial charge in [-0.25, -0.2) is 17.5 Å². The lowest BCUT2D eigenvalue weighted by Crippen LogP contribution is -2.16. The Balaban J connectivity index is 1.58. The molecule has 33 heavy (non-hydrogen) atoms. The SMILES string of the molecule is NC(=O)c1c(-c2ccc(CS(=O)(=O)Nc3cc(Cl)ccc3F)cc2)nn(C2CCCC2)c1N. The average molecular weight is 492 g/mol. The maximum Gasteiger partial charge on any atom is 0.254 e. The van der Waals surface area contributed by atoms with Crippen molar-refractivity contribution in [3.63, 3.8) is 0 Å². The summed E-state index contributed by atoms with van der Waals surface area (Å²) in [6, 6.07) is 10.2. The van der Waals surface area contributed by atoms with Crippen LogP contribution in [0.25, 0.3) is 11.3 Å². The average Bonchev–Trinajstić information content (AvgIpc) is 3.38. The number of hydrogen-bond donors (Lipinski definition) is 3. The highest BCUT2D eigenvalue weighted by Crippen LogP contribution is 2.35. The number of sulfonamides is 1. The van der Waals surface area contributed by atoms with Gasteiger partial charge in [0.2, 0.25) is 10.0 Å². The van der Waals surface area contributed by atoms with Gasteiger partial charge in [0.25, 0.3) is 5.91 Å². The molecule has 11 heteroatoms. The standard InChI is InChI=1S/C22H23ClFN5O3S/c23-15-9-10-17(24)18(11-15)28-33(31,32)12-13-5-7-14(8-6-13)20-19(22(26)30)21(25)29(27-20)16-3-1-2-4-16/h5-11,16,28H,1-4,12,25H2,(H2,26,30). The van der Waals surface area contributed by atoms with Crippen LogP contribution in [-0.2, 0) is 15.8 Å². The molecule has 1 aliphatic carbocycles. The molecule has 0 atom stereocenters. The van der Waals surface area contributed by atoms with Gasteiger partial charge in [-0.1, -0.05) is 48.7 Å². The molecule has 174 valence electrons. The molecule has 1 saturated carbocycles. The number of primary amides is 1. The summed E-state index contributed by atoms with van der Waals surface area (Å²) >= 11 is 5.82. The zero-order valence-electron chi connectivity index (χ0n) is 17.6. The Kier molecular flexibility index (Phi) is 6.31. The van der Waals surface area contributed by atoms with Gasteiger partial charge in [-0.3, -0.25) is 9.52 Å². The smallest absolute Gasteiger partial charge is 0.254 e. The van der Waals surface area contributed by atoms with Crippen LogP contribution in [0.5, 0.6) is 0 Å². The number of anilines is 2.